The van der Waals surface area contributed by atoms with Crippen molar-refractivity contribution in [2.45, 2.75) is 48.2 Å². The Morgan fingerprint density at radius 2 is 1.52 bits per heavy atom. The van der Waals surface area contributed by atoms with E-state index < -0.39 is 14.6 Å². The first-order valence-electron chi connectivity index (χ1n) is 11.4. The molecule has 178 valence electrons. The number of ether oxygens (including phenoxy) is 2. The molecular formula is C25H31NO6S. The van der Waals surface area contributed by atoms with Crippen LogP contribution in [-0.2, 0) is 14.6 Å². The summed E-state index contributed by atoms with van der Waals surface area (Å²) in [6.07, 6.45) is 2.93. The molecule has 2 aromatic rings. The zero-order valence-electron chi connectivity index (χ0n) is 18.9. The fourth-order valence-electron chi connectivity index (χ4n) is 5.27. The lowest BCUT2D eigenvalue weighted by Gasteiger charge is -2.36. The first kappa shape index (κ1) is 23.7. The summed E-state index contributed by atoms with van der Waals surface area (Å²) in [4.78, 5) is 13.3. The van der Waals surface area contributed by atoms with E-state index in [2.05, 4.69) is 5.32 Å². The second-order valence-electron chi connectivity index (χ2n) is 9.07. The Hall–Kier alpha value is -2.42. The molecule has 33 heavy (non-hydrogen) atoms. The lowest BCUT2D eigenvalue weighted by molar-refractivity contribution is -0.122. The smallest absolute Gasteiger partial charge is 0.191 e. The van der Waals surface area contributed by atoms with E-state index in [1.807, 2.05) is 0 Å². The molecule has 1 atom stereocenters. The second-order valence-corrected chi connectivity index (χ2v) is 11.3. The van der Waals surface area contributed by atoms with Gasteiger partial charge in [-0.2, -0.15) is 0 Å². The van der Waals surface area contributed by atoms with E-state index >= 15 is 0 Å². The van der Waals surface area contributed by atoms with E-state index in [-0.39, 0.29) is 29.1 Å². The minimum Gasteiger partial charge on any atom is -0.497 e. The zero-order valence-corrected chi connectivity index (χ0v) is 19.7. The van der Waals surface area contributed by atoms with Crippen molar-refractivity contribution in [3.05, 3.63) is 48.5 Å². The molecule has 0 bridgehead atoms. The fraction of sp³-hybridized carbons (Fsp3) is 0.480. The highest BCUT2D eigenvalue weighted by Gasteiger charge is 2.59. The largest absolute Gasteiger partial charge is 0.497 e. The Labute approximate surface area is 195 Å². The summed E-state index contributed by atoms with van der Waals surface area (Å²) in [7, 11) is -2.36. The Bertz CT molecular complexity index is 1070. The molecule has 8 heteroatoms. The van der Waals surface area contributed by atoms with Crippen molar-refractivity contribution in [3.8, 4) is 17.2 Å². The van der Waals surface area contributed by atoms with E-state index in [0.717, 1.165) is 25.9 Å². The van der Waals surface area contributed by atoms with Gasteiger partial charge in [0.2, 0.25) is 0 Å². The molecule has 1 aliphatic carbocycles. The number of hydrogen-bond donors (Lipinski definition) is 2. The topological polar surface area (TPSA) is 102 Å². The summed E-state index contributed by atoms with van der Waals surface area (Å²) in [5.41, 5.74) is -0.138. The van der Waals surface area contributed by atoms with Gasteiger partial charge in [0.05, 0.1) is 18.6 Å². The molecule has 0 radical (unpaired) electrons. The molecule has 1 heterocycles. The number of benzene rings is 2. The van der Waals surface area contributed by atoms with Crippen molar-refractivity contribution in [2.24, 2.45) is 5.41 Å². The number of piperidine rings is 1. The molecule has 1 saturated carbocycles. The highest BCUT2D eigenvalue weighted by Crippen LogP contribution is 2.54. The lowest BCUT2D eigenvalue weighted by Crippen LogP contribution is -2.46. The Balaban J connectivity index is 1.60. The quantitative estimate of drug-likeness (QED) is 0.605. The van der Waals surface area contributed by atoms with E-state index in [1.165, 1.54) is 12.1 Å². The van der Waals surface area contributed by atoms with E-state index in [4.69, 9.17) is 9.47 Å². The molecule has 2 fully saturated rings. The molecule has 7 nitrogen and oxygen atoms in total. The third-order valence-corrected chi connectivity index (χ3v) is 9.67. The van der Waals surface area contributed by atoms with Crippen LogP contribution in [0.4, 0.5) is 0 Å². The van der Waals surface area contributed by atoms with Gasteiger partial charge in [-0.05, 0) is 99.1 Å². The number of aliphatic hydroxyl groups excluding tert-OH is 1. The number of hydrogen-bond acceptors (Lipinski definition) is 7. The molecule has 2 aromatic carbocycles. The third kappa shape index (κ3) is 4.52. The Morgan fingerprint density at radius 3 is 2.09 bits per heavy atom. The molecule has 1 spiro atoms. The number of rotatable bonds is 8. The van der Waals surface area contributed by atoms with Crippen molar-refractivity contribution in [1.82, 2.24) is 5.32 Å². The second kappa shape index (κ2) is 9.44. The number of sulfone groups is 1. The van der Waals surface area contributed by atoms with Crippen LogP contribution >= 0.6 is 0 Å². The average Bonchev–Trinajstić information content (AvgIpc) is 3.21. The number of aliphatic hydroxyl groups is 1. The number of carbonyl (C=O) groups excluding carboxylic acids is 1. The number of methoxy groups -OCH3 is 1. The van der Waals surface area contributed by atoms with Crippen LogP contribution in [0.2, 0.25) is 0 Å². The van der Waals surface area contributed by atoms with Crippen LogP contribution in [0.5, 0.6) is 17.2 Å². The van der Waals surface area contributed by atoms with Crippen LogP contribution in [0, 0.1) is 5.41 Å². The number of Topliss-reactive ketones (excluding diaryl/α,β-unsaturated/α-hetero) is 1. The van der Waals surface area contributed by atoms with Gasteiger partial charge in [-0.1, -0.05) is 0 Å². The van der Waals surface area contributed by atoms with Crippen molar-refractivity contribution in [3.63, 3.8) is 0 Å². The Kier molecular flexibility index (Phi) is 6.79. The monoisotopic (exact) mass is 473 g/mol. The molecule has 1 aliphatic heterocycles. The molecule has 2 aliphatic rings. The SMILES string of the molecule is COc1ccc(Oc2ccc(S(=O)(=O)C3(C(=O)CCO)CCC4(CCNCC4)C3)cc2)cc1. The van der Waals surface area contributed by atoms with Crippen molar-refractivity contribution < 1.29 is 27.8 Å². The maximum absolute atomic E-state index is 13.9. The van der Waals surface area contributed by atoms with Gasteiger partial charge in [-0.15, -0.1) is 0 Å². The van der Waals surface area contributed by atoms with Gasteiger partial charge in [0.25, 0.3) is 0 Å². The summed E-state index contributed by atoms with van der Waals surface area (Å²) in [6.45, 7) is 1.32. The van der Waals surface area contributed by atoms with Crippen LogP contribution in [0.25, 0.3) is 0 Å². The highest BCUT2D eigenvalue weighted by molar-refractivity contribution is 7.93. The first-order valence-corrected chi connectivity index (χ1v) is 12.8. The fourth-order valence-corrected chi connectivity index (χ4v) is 7.49. The predicted molar refractivity (Wildman–Crippen MR) is 125 cm³/mol. The summed E-state index contributed by atoms with van der Waals surface area (Å²) < 4.78 is 37.2. The Morgan fingerprint density at radius 1 is 0.939 bits per heavy atom. The van der Waals surface area contributed by atoms with Gasteiger partial charge < -0.3 is 19.9 Å². The summed E-state index contributed by atoms with van der Waals surface area (Å²) in [6, 6.07) is 13.3. The predicted octanol–water partition coefficient (Wildman–Crippen LogP) is 3.51. The lowest BCUT2D eigenvalue weighted by atomic mass is 9.76. The summed E-state index contributed by atoms with van der Waals surface area (Å²) in [5, 5.41) is 12.7. The van der Waals surface area contributed by atoms with Crippen molar-refractivity contribution >= 4 is 15.6 Å². The van der Waals surface area contributed by atoms with Crippen molar-refractivity contribution in [1.29, 1.82) is 0 Å². The van der Waals surface area contributed by atoms with Crippen molar-refractivity contribution in [2.75, 3.05) is 26.8 Å². The molecular weight excluding hydrogens is 442 g/mol. The maximum Gasteiger partial charge on any atom is 0.191 e. The first-order chi connectivity index (χ1) is 15.8. The minimum atomic E-state index is -3.95. The van der Waals surface area contributed by atoms with Crippen LogP contribution in [0.1, 0.15) is 38.5 Å². The van der Waals surface area contributed by atoms with Gasteiger partial charge >= 0.3 is 0 Å². The van der Waals surface area contributed by atoms with Crippen LogP contribution in [-0.4, -0.2) is 50.9 Å². The van der Waals surface area contributed by atoms with Gasteiger partial charge in [0.1, 0.15) is 22.0 Å². The summed E-state index contributed by atoms with van der Waals surface area (Å²) >= 11 is 0. The number of ketones is 1. The van der Waals surface area contributed by atoms with Gasteiger partial charge in [0, 0.05) is 6.42 Å². The van der Waals surface area contributed by atoms with E-state index in [9.17, 15) is 18.3 Å². The minimum absolute atomic E-state index is 0.113. The molecule has 0 aromatic heterocycles. The van der Waals surface area contributed by atoms with Crippen LogP contribution in [0.15, 0.2) is 53.4 Å². The molecule has 2 N–H and O–H groups in total. The van der Waals surface area contributed by atoms with Crippen LogP contribution < -0.4 is 14.8 Å². The highest BCUT2D eigenvalue weighted by atomic mass is 32.2. The van der Waals surface area contributed by atoms with E-state index in [1.54, 1.807) is 43.5 Å². The summed E-state index contributed by atoms with van der Waals surface area (Å²) in [5.74, 6) is 1.43. The molecule has 4 rings (SSSR count). The number of nitrogens with one attached hydrogen (secondary N) is 1. The maximum atomic E-state index is 13.9. The van der Waals surface area contributed by atoms with E-state index in [0.29, 0.717) is 36.5 Å². The number of carbonyl (C=O) groups is 1. The molecule has 1 saturated heterocycles. The molecule has 1 unspecified atom stereocenters. The zero-order chi connectivity index (χ0) is 23.5. The average molecular weight is 474 g/mol. The van der Waals surface area contributed by atoms with Gasteiger partial charge in [0.15, 0.2) is 15.6 Å². The standard InChI is InChI=1S/C25H31NO6S/c1-31-19-2-4-20(5-3-19)32-21-6-8-22(9-7-21)33(29,30)25(23(28)10-17-27)12-11-24(18-25)13-15-26-16-14-24/h2-9,26-27H,10-18H2,1H3. The molecule has 0 amide bonds. The van der Waals surface area contributed by atoms with Gasteiger partial charge in [-0.3, -0.25) is 4.79 Å². The third-order valence-electron chi connectivity index (χ3n) is 7.17. The normalized spacial score (nSPS) is 22.2. The van der Waals surface area contributed by atoms with Gasteiger partial charge in [-0.25, -0.2) is 8.42 Å². The van der Waals surface area contributed by atoms with Crippen LogP contribution in [0.3, 0.4) is 0 Å².